The molecule has 0 aromatic carbocycles. The highest BCUT2D eigenvalue weighted by atomic mass is 32.2. The SMILES string of the molecule is CS(=O)(=O)N1CCCCC1CCNS(=O)(=O)N1CCCC1. The van der Waals surface area contributed by atoms with Gasteiger partial charge in [-0.2, -0.15) is 17.0 Å². The molecular weight excluding hydrogens is 314 g/mol. The second-order valence-electron chi connectivity index (χ2n) is 5.82. The van der Waals surface area contributed by atoms with Crippen LogP contribution in [0.1, 0.15) is 38.5 Å². The molecule has 0 aromatic rings. The number of nitrogens with one attached hydrogen (secondary N) is 1. The Morgan fingerprint density at radius 1 is 1.00 bits per heavy atom. The summed E-state index contributed by atoms with van der Waals surface area (Å²) < 4.78 is 53.1. The largest absolute Gasteiger partial charge is 0.279 e. The minimum atomic E-state index is -3.40. The van der Waals surface area contributed by atoms with Crippen molar-refractivity contribution in [3.8, 4) is 0 Å². The van der Waals surface area contributed by atoms with Crippen LogP contribution in [0, 0.1) is 0 Å². The Morgan fingerprint density at radius 2 is 1.62 bits per heavy atom. The van der Waals surface area contributed by atoms with Gasteiger partial charge in [-0.3, -0.25) is 0 Å². The number of rotatable bonds is 6. The van der Waals surface area contributed by atoms with E-state index in [-0.39, 0.29) is 12.6 Å². The average Bonchev–Trinajstić information content (AvgIpc) is 2.92. The molecule has 2 aliphatic rings. The molecule has 0 bridgehead atoms. The highest BCUT2D eigenvalue weighted by molar-refractivity contribution is 7.88. The van der Waals surface area contributed by atoms with Crippen molar-refractivity contribution < 1.29 is 16.8 Å². The molecule has 2 aliphatic heterocycles. The zero-order valence-electron chi connectivity index (χ0n) is 12.5. The third-order valence-electron chi connectivity index (χ3n) is 4.17. The minimum absolute atomic E-state index is 0.0879. The highest BCUT2D eigenvalue weighted by Gasteiger charge is 2.30. The molecule has 2 heterocycles. The predicted molar refractivity (Wildman–Crippen MR) is 81.5 cm³/mol. The van der Waals surface area contributed by atoms with E-state index in [2.05, 4.69) is 4.72 Å². The summed E-state index contributed by atoms with van der Waals surface area (Å²) in [7, 11) is -6.61. The zero-order valence-corrected chi connectivity index (χ0v) is 14.1. The van der Waals surface area contributed by atoms with Crippen LogP contribution in [0.15, 0.2) is 0 Å². The van der Waals surface area contributed by atoms with Crippen LogP contribution in [0.3, 0.4) is 0 Å². The van der Waals surface area contributed by atoms with Crippen LogP contribution in [0.4, 0.5) is 0 Å². The maximum atomic E-state index is 12.0. The van der Waals surface area contributed by atoms with Gasteiger partial charge in [0.05, 0.1) is 6.26 Å². The van der Waals surface area contributed by atoms with Crippen molar-refractivity contribution in [2.24, 2.45) is 0 Å². The summed E-state index contributed by atoms with van der Waals surface area (Å²) in [6.07, 6.45) is 6.24. The van der Waals surface area contributed by atoms with Crippen LogP contribution in [0.2, 0.25) is 0 Å². The maximum Gasteiger partial charge on any atom is 0.279 e. The Balaban J connectivity index is 1.86. The van der Waals surface area contributed by atoms with Gasteiger partial charge >= 0.3 is 0 Å². The van der Waals surface area contributed by atoms with Crippen LogP contribution in [0.5, 0.6) is 0 Å². The Kier molecular flexibility index (Phi) is 5.64. The van der Waals surface area contributed by atoms with Gasteiger partial charge in [0, 0.05) is 32.2 Å². The monoisotopic (exact) mass is 339 g/mol. The first-order chi connectivity index (χ1) is 9.81. The van der Waals surface area contributed by atoms with Gasteiger partial charge in [-0.1, -0.05) is 6.42 Å². The van der Waals surface area contributed by atoms with Gasteiger partial charge in [0.1, 0.15) is 0 Å². The number of sulfonamides is 1. The van der Waals surface area contributed by atoms with E-state index in [1.165, 1.54) is 14.9 Å². The van der Waals surface area contributed by atoms with Gasteiger partial charge in [0.15, 0.2) is 0 Å². The van der Waals surface area contributed by atoms with Gasteiger partial charge < -0.3 is 0 Å². The summed E-state index contributed by atoms with van der Waals surface area (Å²) in [4.78, 5) is 0. The standard InChI is InChI=1S/C12H25N3O4S2/c1-20(16,17)15-11-3-2-6-12(15)7-8-13-21(18,19)14-9-4-5-10-14/h12-13H,2-11H2,1H3. The maximum absolute atomic E-state index is 12.0. The summed E-state index contributed by atoms with van der Waals surface area (Å²) in [5, 5.41) is 0. The van der Waals surface area contributed by atoms with Crippen molar-refractivity contribution >= 4 is 20.2 Å². The molecular formula is C12H25N3O4S2. The summed E-state index contributed by atoms with van der Waals surface area (Å²) in [6.45, 7) is 1.99. The Hall–Kier alpha value is -0.220. The molecule has 1 atom stereocenters. The van der Waals surface area contributed by atoms with Crippen LogP contribution in [-0.2, 0) is 20.2 Å². The van der Waals surface area contributed by atoms with Crippen molar-refractivity contribution in [2.75, 3.05) is 32.4 Å². The van der Waals surface area contributed by atoms with E-state index in [1.54, 1.807) is 0 Å². The molecule has 0 amide bonds. The summed E-state index contributed by atoms with van der Waals surface area (Å²) in [5.41, 5.74) is 0. The first kappa shape index (κ1) is 17.1. The normalized spacial score (nSPS) is 26.2. The number of hydrogen-bond donors (Lipinski definition) is 1. The van der Waals surface area contributed by atoms with Gasteiger partial charge in [-0.15, -0.1) is 0 Å². The lowest BCUT2D eigenvalue weighted by Gasteiger charge is -2.33. The molecule has 0 spiro atoms. The van der Waals surface area contributed by atoms with E-state index >= 15 is 0 Å². The van der Waals surface area contributed by atoms with Crippen molar-refractivity contribution in [2.45, 2.75) is 44.6 Å². The average molecular weight is 339 g/mol. The van der Waals surface area contributed by atoms with E-state index in [1.807, 2.05) is 0 Å². The quantitative estimate of drug-likeness (QED) is 0.745. The lowest BCUT2D eigenvalue weighted by atomic mass is 10.0. The summed E-state index contributed by atoms with van der Waals surface area (Å²) >= 11 is 0. The topological polar surface area (TPSA) is 86.8 Å². The number of piperidine rings is 1. The molecule has 2 fully saturated rings. The van der Waals surface area contributed by atoms with E-state index in [0.29, 0.717) is 26.1 Å². The number of hydrogen-bond acceptors (Lipinski definition) is 4. The van der Waals surface area contributed by atoms with Crippen LogP contribution in [-0.4, -0.2) is 63.9 Å². The van der Waals surface area contributed by atoms with Gasteiger partial charge in [-0.05, 0) is 32.1 Å². The van der Waals surface area contributed by atoms with Crippen LogP contribution >= 0.6 is 0 Å². The fourth-order valence-corrected chi connectivity index (χ4v) is 5.58. The smallest absolute Gasteiger partial charge is 0.212 e. The third kappa shape index (κ3) is 4.62. The van der Waals surface area contributed by atoms with E-state index < -0.39 is 20.2 Å². The van der Waals surface area contributed by atoms with Crippen molar-refractivity contribution in [1.82, 2.24) is 13.3 Å². The summed E-state index contributed by atoms with van der Waals surface area (Å²) in [6, 6.07) is -0.0879. The zero-order chi connectivity index (χ0) is 15.5. The molecule has 2 rings (SSSR count). The summed E-state index contributed by atoms with van der Waals surface area (Å²) in [5.74, 6) is 0. The Labute approximate surface area is 127 Å². The molecule has 9 heteroatoms. The molecule has 21 heavy (non-hydrogen) atoms. The highest BCUT2D eigenvalue weighted by Crippen LogP contribution is 2.22. The second-order valence-corrected chi connectivity index (χ2v) is 9.51. The fraction of sp³-hybridized carbons (Fsp3) is 1.00. The van der Waals surface area contributed by atoms with Crippen LogP contribution < -0.4 is 4.72 Å². The van der Waals surface area contributed by atoms with E-state index in [4.69, 9.17) is 0 Å². The fourth-order valence-electron chi connectivity index (χ4n) is 3.07. The van der Waals surface area contributed by atoms with Gasteiger partial charge in [0.2, 0.25) is 10.0 Å². The molecule has 0 saturated carbocycles. The molecule has 7 nitrogen and oxygen atoms in total. The molecule has 1 N–H and O–H groups in total. The van der Waals surface area contributed by atoms with Crippen molar-refractivity contribution in [3.63, 3.8) is 0 Å². The molecule has 124 valence electrons. The molecule has 1 unspecified atom stereocenters. The predicted octanol–water partition coefficient (Wildman–Crippen LogP) is 0.121. The van der Waals surface area contributed by atoms with E-state index in [0.717, 1.165) is 32.1 Å². The molecule has 0 aliphatic carbocycles. The Bertz CT molecular complexity index is 541. The molecule has 0 radical (unpaired) electrons. The van der Waals surface area contributed by atoms with Crippen molar-refractivity contribution in [3.05, 3.63) is 0 Å². The Morgan fingerprint density at radius 3 is 2.24 bits per heavy atom. The van der Waals surface area contributed by atoms with Crippen molar-refractivity contribution in [1.29, 1.82) is 0 Å². The number of nitrogens with zero attached hydrogens (tertiary/aromatic N) is 2. The third-order valence-corrected chi connectivity index (χ3v) is 7.11. The van der Waals surface area contributed by atoms with Crippen LogP contribution in [0.25, 0.3) is 0 Å². The van der Waals surface area contributed by atoms with Gasteiger partial charge in [-0.25, -0.2) is 13.1 Å². The first-order valence-corrected chi connectivity index (χ1v) is 10.8. The second kappa shape index (κ2) is 6.91. The van der Waals surface area contributed by atoms with Gasteiger partial charge in [0.25, 0.3) is 10.2 Å². The first-order valence-electron chi connectivity index (χ1n) is 7.52. The minimum Gasteiger partial charge on any atom is -0.212 e. The lowest BCUT2D eigenvalue weighted by molar-refractivity contribution is 0.243. The van der Waals surface area contributed by atoms with E-state index in [9.17, 15) is 16.8 Å². The molecule has 2 saturated heterocycles. The lowest BCUT2D eigenvalue weighted by Crippen LogP contribution is -2.46. The molecule has 0 aromatic heterocycles.